The van der Waals surface area contributed by atoms with E-state index < -0.39 is 10.2 Å². The van der Waals surface area contributed by atoms with Crippen molar-refractivity contribution in [3.8, 4) is 0 Å². The summed E-state index contributed by atoms with van der Waals surface area (Å²) in [7, 11) is -3.32. The van der Waals surface area contributed by atoms with Crippen LogP contribution in [-0.2, 0) is 10.2 Å². The number of aliphatic hydroxyl groups excluding tert-OH is 1. The van der Waals surface area contributed by atoms with Crippen molar-refractivity contribution < 1.29 is 13.5 Å². The van der Waals surface area contributed by atoms with E-state index in [4.69, 9.17) is 0 Å². The van der Waals surface area contributed by atoms with Gasteiger partial charge in [0.05, 0.1) is 0 Å². The minimum atomic E-state index is -3.32. The molecule has 0 aromatic carbocycles. The molecule has 2 saturated carbocycles. The summed E-state index contributed by atoms with van der Waals surface area (Å²) in [6.45, 7) is 2.62. The van der Waals surface area contributed by atoms with Gasteiger partial charge in [0.25, 0.3) is 10.2 Å². The van der Waals surface area contributed by atoms with Crippen LogP contribution in [0.4, 0.5) is 0 Å². The highest BCUT2D eigenvalue weighted by molar-refractivity contribution is 7.86. The first-order valence-electron chi connectivity index (χ1n) is 7.95. The Bertz CT molecular complexity index is 418. The molecule has 0 spiro atoms. The molecule has 3 aliphatic rings. The van der Waals surface area contributed by atoms with Gasteiger partial charge in [-0.1, -0.05) is 0 Å². The van der Waals surface area contributed by atoms with Crippen LogP contribution >= 0.6 is 0 Å². The van der Waals surface area contributed by atoms with Gasteiger partial charge in [-0.15, -0.1) is 0 Å². The molecule has 6 heteroatoms. The zero-order chi connectivity index (χ0) is 14.2. The van der Waals surface area contributed by atoms with Gasteiger partial charge in [0.15, 0.2) is 0 Å². The highest BCUT2D eigenvalue weighted by atomic mass is 32.2. The molecule has 0 bridgehead atoms. The van der Waals surface area contributed by atoms with Crippen molar-refractivity contribution in [1.29, 1.82) is 0 Å². The molecule has 3 fully saturated rings. The molecule has 1 N–H and O–H groups in total. The van der Waals surface area contributed by atoms with Crippen LogP contribution in [0.2, 0.25) is 0 Å². The molecule has 1 saturated heterocycles. The van der Waals surface area contributed by atoms with Crippen molar-refractivity contribution in [2.45, 2.75) is 38.5 Å². The van der Waals surface area contributed by atoms with E-state index in [2.05, 4.69) is 0 Å². The number of piperidine rings is 1. The maximum atomic E-state index is 12.8. The maximum Gasteiger partial charge on any atom is 0.282 e. The summed E-state index contributed by atoms with van der Waals surface area (Å²) >= 11 is 0. The zero-order valence-electron chi connectivity index (χ0n) is 12.1. The number of nitrogens with zero attached hydrogens (tertiary/aromatic N) is 2. The molecule has 1 unspecified atom stereocenters. The summed E-state index contributed by atoms with van der Waals surface area (Å²) in [6.07, 6.45) is 6.51. The van der Waals surface area contributed by atoms with E-state index in [0.29, 0.717) is 38.0 Å². The Morgan fingerprint density at radius 2 is 1.60 bits per heavy atom. The fraction of sp³-hybridized carbons (Fsp3) is 1.00. The Morgan fingerprint density at radius 1 is 1.00 bits per heavy atom. The lowest BCUT2D eigenvalue weighted by Gasteiger charge is -2.35. The molecule has 20 heavy (non-hydrogen) atoms. The fourth-order valence-corrected chi connectivity index (χ4v) is 4.87. The van der Waals surface area contributed by atoms with Crippen molar-refractivity contribution in [3.63, 3.8) is 0 Å². The predicted octanol–water partition coefficient (Wildman–Crippen LogP) is 1.06. The molecule has 3 rings (SSSR count). The third-order valence-corrected chi connectivity index (χ3v) is 6.64. The predicted molar refractivity (Wildman–Crippen MR) is 77.3 cm³/mol. The van der Waals surface area contributed by atoms with E-state index in [0.717, 1.165) is 12.8 Å². The van der Waals surface area contributed by atoms with E-state index in [9.17, 15) is 13.5 Å². The summed E-state index contributed by atoms with van der Waals surface area (Å²) < 4.78 is 29.0. The molecule has 5 nitrogen and oxygen atoms in total. The van der Waals surface area contributed by atoms with Gasteiger partial charge in [0.2, 0.25) is 0 Å². The second kappa shape index (κ2) is 5.91. The molecule has 0 aromatic rings. The Kier molecular flexibility index (Phi) is 4.36. The average Bonchev–Trinajstić information content (AvgIpc) is 3.33. The van der Waals surface area contributed by atoms with Gasteiger partial charge in [0, 0.05) is 32.8 Å². The van der Waals surface area contributed by atoms with Gasteiger partial charge in [0.1, 0.15) is 0 Å². The molecule has 2 aliphatic carbocycles. The lowest BCUT2D eigenvalue weighted by molar-refractivity contribution is 0.160. The molecule has 1 heterocycles. The van der Waals surface area contributed by atoms with Gasteiger partial charge < -0.3 is 5.11 Å². The molecule has 116 valence electrons. The van der Waals surface area contributed by atoms with E-state index in [1.54, 1.807) is 8.61 Å². The van der Waals surface area contributed by atoms with E-state index in [-0.39, 0.29) is 12.5 Å². The minimum Gasteiger partial charge on any atom is -0.396 e. The summed E-state index contributed by atoms with van der Waals surface area (Å²) in [6, 6.07) is 0. The van der Waals surface area contributed by atoms with Crippen molar-refractivity contribution in [3.05, 3.63) is 0 Å². The number of hydrogen-bond acceptors (Lipinski definition) is 3. The topological polar surface area (TPSA) is 60.9 Å². The summed E-state index contributed by atoms with van der Waals surface area (Å²) in [5.41, 5.74) is 0. The van der Waals surface area contributed by atoms with Gasteiger partial charge in [-0.25, -0.2) is 0 Å². The van der Waals surface area contributed by atoms with Crippen molar-refractivity contribution in [2.24, 2.45) is 17.8 Å². The number of hydrogen-bond donors (Lipinski definition) is 1. The van der Waals surface area contributed by atoms with Crippen LogP contribution in [0.5, 0.6) is 0 Å². The molecule has 0 amide bonds. The minimum absolute atomic E-state index is 0.0945. The van der Waals surface area contributed by atoms with Gasteiger partial charge in [-0.3, -0.25) is 0 Å². The standard InChI is InChI=1S/C14H26N2O3S/c17-11-14-2-1-7-15(10-14)20(18,19)16(8-12-3-4-12)9-13-5-6-13/h12-14,17H,1-11H2. The lowest BCUT2D eigenvalue weighted by Crippen LogP contribution is -2.49. The largest absolute Gasteiger partial charge is 0.396 e. The van der Waals surface area contributed by atoms with Crippen LogP contribution in [0.3, 0.4) is 0 Å². The second-order valence-electron chi connectivity index (χ2n) is 6.76. The van der Waals surface area contributed by atoms with Crippen LogP contribution in [-0.4, -0.2) is 54.9 Å². The monoisotopic (exact) mass is 302 g/mol. The van der Waals surface area contributed by atoms with Gasteiger partial charge >= 0.3 is 0 Å². The SMILES string of the molecule is O=S(=O)(N1CCCC(CO)C1)N(CC1CC1)CC1CC1. The molecule has 0 radical (unpaired) electrons. The first-order chi connectivity index (χ1) is 9.59. The van der Waals surface area contributed by atoms with Crippen LogP contribution in [0, 0.1) is 17.8 Å². The zero-order valence-corrected chi connectivity index (χ0v) is 12.9. The molecule has 1 atom stereocenters. The second-order valence-corrected chi connectivity index (χ2v) is 8.69. The molecule has 0 aromatic heterocycles. The lowest BCUT2D eigenvalue weighted by atomic mass is 10.0. The van der Waals surface area contributed by atoms with E-state index >= 15 is 0 Å². The van der Waals surface area contributed by atoms with Gasteiger partial charge in [-0.05, 0) is 56.3 Å². The highest BCUT2D eigenvalue weighted by Crippen LogP contribution is 2.35. The van der Waals surface area contributed by atoms with Gasteiger partial charge in [-0.2, -0.15) is 17.0 Å². The van der Waals surface area contributed by atoms with Crippen LogP contribution in [0.25, 0.3) is 0 Å². The number of aliphatic hydroxyl groups is 1. The Morgan fingerprint density at radius 3 is 2.10 bits per heavy atom. The fourth-order valence-electron chi connectivity index (χ4n) is 2.99. The first-order valence-corrected chi connectivity index (χ1v) is 9.35. The quantitative estimate of drug-likeness (QED) is 0.765. The third-order valence-electron chi connectivity index (χ3n) is 4.71. The maximum absolute atomic E-state index is 12.8. The van der Waals surface area contributed by atoms with Crippen LogP contribution in [0.1, 0.15) is 38.5 Å². The molecular formula is C14H26N2O3S. The average molecular weight is 302 g/mol. The summed E-state index contributed by atoms with van der Waals surface area (Å²) in [5, 5.41) is 9.29. The third kappa shape index (κ3) is 3.53. The highest BCUT2D eigenvalue weighted by Gasteiger charge is 2.39. The summed E-state index contributed by atoms with van der Waals surface area (Å²) in [5.74, 6) is 1.28. The molecular weight excluding hydrogens is 276 g/mol. The van der Waals surface area contributed by atoms with Crippen molar-refractivity contribution in [2.75, 3.05) is 32.8 Å². The van der Waals surface area contributed by atoms with Crippen molar-refractivity contribution >= 4 is 10.2 Å². The Hall–Kier alpha value is -0.170. The van der Waals surface area contributed by atoms with Crippen molar-refractivity contribution in [1.82, 2.24) is 8.61 Å². The van der Waals surface area contributed by atoms with Crippen LogP contribution in [0.15, 0.2) is 0 Å². The Labute approximate surface area is 122 Å². The summed E-state index contributed by atoms with van der Waals surface area (Å²) in [4.78, 5) is 0. The van der Waals surface area contributed by atoms with E-state index in [1.165, 1.54) is 25.7 Å². The normalized spacial score (nSPS) is 29.0. The first kappa shape index (κ1) is 14.8. The Balaban J connectivity index is 1.68. The van der Waals surface area contributed by atoms with Crippen LogP contribution < -0.4 is 0 Å². The smallest absolute Gasteiger partial charge is 0.282 e. The molecule has 1 aliphatic heterocycles. The number of rotatable bonds is 7. The van der Waals surface area contributed by atoms with E-state index in [1.807, 2.05) is 0 Å².